The number of unbranched alkanes of at least 4 members (excludes halogenated alkanes) is 1. The van der Waals surface area contributed by atoms with E-state index in [-0.39, 0.29) is 57.9 Å². The number of hydrogen-bond acceptors (Lipinski definition) is 6. The molecule has 0 radical (unpaired) electrons. The minimum atomic E-state index is -3.87. The Morgan fingerprint density at radius 2 is 1.71 bits per heavy atom. The van der Waals surface area contributed by atoms with Gasteiger partial charge < -0.3 is 20.3 Å². The number of aliphatic hydroxyl groups is 2. The van der Waals surface area contributed by atoms with Crippen molar-refractivity contribution in [3.63, 3.8) is 0 Å². The second kappa shape index (κ2) is 11.5. The summed E-state index contributed by atoms with van der Waals surface area (Å²) < 4.78 is 72.0. The lowest BCUT2D eigenvalue weighted by Crippen LogP contribution is -2.46. The summed E-state index contributed by atoms with van der Waals surface area (Å²) in [6, 6.07) is 4.80. The third-order valence-corrected chi connectivity index (χ3v) is 9.58. The van der Waals surface area contributed by atoms with Gasteiger partial charge in [-0.3, -0.25) is 4.79 Å². The summed E-state index contributed by atoms with van der Waals surface area (Å²) in [7, 11) is -3.87. The molecule has 208 valence electrons. The topological polar surface area (TPSA) is 113 Å². The molecule has 0 saturated heterocycles. The summed E-state index contributed by atoms with van der Waals surface area (Å²) in [5.41, 5.74) is -1.49. The van der Waals surface area contributed by atoms with Gasteiger partial charge in [-0.25, -0.2) is 21.6 Å². The highest BCUT2D eigenvalue weighted by Crippen LogP contribution is 2.48. The highest BCUT2D eigenvalue weighted by molar-refractivity contribution is 7.91. The largest absolute Gasteiger partial charge is 0.393 e. The monoisotopic (exact) mass is 575 g/mol. The second-order valence-electron chi connectivity index (χ2n) is 10.1. The van der Waals surface area contributed by atoms with Crippen LogP contribution in [0, 0.1) is 29.3 Å². The first kappa shape index (κ1) is 28.8. The van der Waals surface area contributed by atoms with Gasteiger partial charge in [0, 0.05) is 30.0 Å². The molecule has 3 N–H and O–H groups in total. The van der Waals surface area contributed by atoms with E-state index in [0.717, 1.165) is 18.9 Å². The minimum Gasteiger partial charge on any atom is -0.393 e. The third-order valence-electron chi connectivity index (χ3n) is 7.30. The van der Waals surface area contributed by atoms with E-state index in [1.807, 2.05) is 0 Å². The molecule has 0 spiro atoms. The van der Waals surface area contributed by atoms with Gasteiger partial charge in [0.1, 0.15) is 0 Å². The highest BCUT2D eigenvalue weighted by Gasteiger charge is 2.49. The Kier molecular flexibility index (Phi) is 8.73. The number of ether oxygens (including phenoxy) is 1. The van der Waals surface area contributed by atoms with E-state index in [0.29, 0.717) is 38.0 Å². The predicted octanol–water partition coefficient (Wildman–Crippen LogP) is 4.49. The first-order valence-corrected chi connectivity index (χ1v) is 14.4. The molecule has 2 fully saturated rings. The molecule has 2 saturated carbocycles. The van der Waals surface area contributed by atoms with Crippen molar-refractivity contribution in [3.05, 3.63) is 58.4 Å². The SMILES string of the molecule is O=C(Nc1cc(F)c(F)c(F)c1)c1ccc(Cl)c(S(=O)(=O)CCCCOC2C3CCC2CC(O)(CO)C3)c1. The number of fused-ring (bicyclic) bond motifs is 2. The molecule has 2 aliphatic rings. The first-order chi connectivity index (χ1) is 17.9. The Morgan fingerprint density at radius 3 is 2.32 bits per heavy atom. The average Bonchev–Trinajstić information content (AvgIpc) is 3.11. The van der Waals surface area contributed by atoms with Gasteiger partial charge in [0.05, 0.1) is 34.0 Å². The number of nitrogens with one attached hydrogen (secondary N) is 1. The average molecular weight is 576 g/mol. The molecule has 12 heteroatoms. The molecule has 2 bridgehead atoms. The number of aliphatic hydroxyl groups excluding tert-OH is 1. The lowest BCUT2D eigenvalue weighted by atomic mass is 9.76. The van der Waals surface area contributed by atoms with Gasteiger partial charge in [-0.2, -0.15) is 0 Å². The van der Waals surface area contributed by atoms with E-state index in [1.54, 1.807) is 0 Å². The quantitative estimate of drug-likeness (QED) is 0.284. The molecule has 0 aliphatic heterocycles. The van der Waals surface area contributed by atoms with Crippen molar-refractivity contribution < 1.29 is 41.3 Å². The van der Waals surface area contributed by atoms with Crippen LogP contribution in [-0.2, 0) is 14.6 Å². The maximum absolute atomic E-state index is 13.4. The van der Waals surface area contributed by atoms with Gasteiger partial charge in [-0.15, -0.1) is 0 Å². The zero-order chi connectivity index (χ0) is 27.7. The van der Waals surface area contributed by atoms with Crippen molar-refractivity contribution in [1.82, 2.24) is 0 Å². The van der Waals surface area contributed by atoms with Crippen LogP contribution in [0.3, 0.4) is 0 Å². The Morgan fingerprint density at radius 1 is 1.08 bits per heavy atom. The zero-order valence-electron chi connectivity index (χ0n) is 20.4. The maximum atomic E-state index is 13.4. The van der Waals surface area contributed by atoms with E-state index in [1.165, 1.54) is 12.1 Å². The summed E-state index contributed by atoms with van der Waals surface area (Å²) in [5, 5.41) is 22.0. The van der Waals surface area contributed by atoms with E-state index in [9.17, 15) is 36.6 Å². The molecule has 4 rings (SSSR count). The van der Waals surface area contributed by atoms with Crippen molar-refractivity contribution in [2.75, 3.05) is 24.3 Å². The fourth-order valence-corrected chi connectivity index (χ4v) is 7.42. The Balaban J connectivity index is 1.32. The lowest BCUT2D eigenvalue weighted by molar-refractivity contribution is -0.116. The van der Waals surface area contributed by atoms with Crippen molar-refractivity contribution in [1.29, 1.82) is 0 Å². The Hall–Kier alpha value is -2.18. The number of amides is 1. The molecule has 2 atom stereocenters. The zero-order valence-corrected chi connectivity index (χ0v) is 22.0. The van der Waals surface area contributed by atoms with E-state index in [2.05, 4.69) is 5.32 Å². The molecule has 1 amide bonds. The second-order valence-corrected chi connectivity index (χ2v) is 12.6. The van der Waals surface area contributed by atoms with Crippen LogP contribution in [0.5, 0.6) is 0 Å². The number of carbonyl (C=O) groups excluding carboxylic acids is 1. The van der Waals surface area contributed by atoms with Crippen LogP contribution < -0.4 is 5.32 Å². The van der Waals surface area contributed by atoms with E-state index in [4.69, 9.17) is 16.3 Å². The van der Waals surface area contributed by atoms with Gasteiger partial charge in [-0.1, -0.05) is 11.6 Å². The van der Waals surface area contributed by atoms with Crippen molar-refractivity contribution >= 4 is 33.0 Å². The normalized spacial score (nSPS) is 24.9. The number of benzene rings is 2. The highest BCUT2D eigenvalue weighted by atomic mass is 35.5. The molecule has 0 aromatic heterocycles. The molecule has 38 heavy (non-hydrogen) atoms. The van der Waals surface area contributed by atoms with Crippen molar-refractivity contribution in [2.24, 2.45) is 11.8 Å². The van der Waals surface area contributed by atoms with Crippen LogP contribution in [0.15, 0.2) is 35.2 Å². The molecule has 2 unspecified atom stereocenters. The molecular formula is C26H29ClF3NO6S. The minimum absolute atomic E-state index is 0.00821. The number of carbonyl (C=O) groups is 1. The molecule has 2 aromatic carbocycles. The summed E-state index contributed by atoms with van der Waals surface area (Å²) in [5.74, 6) is -5.38. The molecular weight excluding hydrogens is 547 g/mol. The summed E-state index contributed by atoms with van der Waals surface area (Å²) in [4.78, 5) is 12.3. The molecule has 2 aliphatic carbocycles. The van der Waals surface area contributed by atoms with E-state index < -0.39 is 38.8 Å². The van der Waals surface area contributed by atoms with Crippen LogP contribution in [0.4, 0.5) is 18.9 Å². The fraction of sp³-hybridized carbons (Fsp3) is 0.500. The summed E-state index contributed by atoms with van der Waals surface area (Å²) in [6.07, 6.45) is 3.59. The number of halogens is 4. The van der Waals surface area contributed by atoms with E-state index >= 15 is 0 Å². The van der Waals surface area contributed by atoms with Crippen LogP contribution in [0.25, 0.3) is 0 Å². The third kappa shape index (κ3) is 6.34. The maximum Gasteiger partial charge on any atom is 0.255 e. The summed E-state index contributed by atoms with van der Waals surface area (Å²) >= 11 is 6.11. The standard InChI is InChI=1S/C26H29ClF3NO6S/c27-19-6-5-15(25(33)31-18-10-20(28)23(30)21(29)11-18)9-22(19)38(35,36)8-2-1-7-37-24-16-3-4-17(24)13-26(34,12-16)14-32/h5-6,9-11,16-17,24,32,34H,1-4,7-8,12-14H2,(H,31,33). The number of sulfone groups is 1. The van der Waals surface area contributed by atoms with Gasteiger partial charge in [-0.05, 0) is 68.6 Å². The number of rotatable bonds is 10. The van der Waals surface area contributed by atoms with Gasteiger partial charge in [0.15, 0.2) is 27.3 Å². The van der Waals surface area contributed by atoms with Crippen LogP contribution >= 0.6 is 11.6 Å². The summed E-state index contributed by atoms with van der Waals surface area (Å²) in [6.45, 7) is 0.0883. The first-order valence-electron chi connectivity index (χ1n) is 12.4. The molecule has 2 aromatic rings. The van der Waals surface area contributed by atoms with Crippen molar-refractivity contribution in [3.8, 4) is 0 Å². The Labute approximate surface area is 223 Å². The van der Waals surface area contributed by atoms with Crippen LogP contribution in [-0.4, -0.2) is 55.2 Å². The molecule has 0 heterocycles. The predicted molar refractivity (Wildman–Crippen MR) is 134 cm³/mol. The molecule has 7 nitrogen and oxygen atoms in total. The number of hydrogen-bond donors (Lipinski definition) is 3. The van der Waals surface area contributed by atoms with Crippen LogP contribution in [0.2, 0.25) is 5.02 Å². The number of anilines is 1. The van der Waals surface area contributed by atoms with Gasteiger partial charge in [0.25, 0.3) is 5.91 Å². The van der Waals surface area contributed by atoms with Gasteiger partial charge >= 0.3 is 0 Å². The fourth-order valence-electron chi connectivity index (χ4n) is 5.48. The van der Waals surface area contributed by atoms with Crippen molar-refractivity contribution in [2.45, 2.75) is 55.1 Å². The van der Waals surface area contributed by atoms with Crippen LogP contribution in [0.1, 0.15) is 48.9 Å². The Bertz CT molecular complexity index is 1270. The lowest BCUT2D eigenvalue weighted by Gasteiger charge is -2.40. The van der Waals surface area contributed by atoms with Gasteiger partial charge in [0.2, 0.25) is 0 Å². The smallest absolute Gasteiger partial charge is 0.255 e.